The largest absolute Gasteiger partial charge is 0.496 e. The summed E-state index contributed by atoms with van der Waals surface area (Å²) in [7, 11) is 1.47. The van der Waals surface area contributed by atoms with Crippen molar-refractivity contribution in [3.8, 4) is 5.75 Å². The van der Waals surface area contributed by atoms with Gasteiger partial charge in [0, 0.05) is 16.5 Å². The Morgan fingerprint density at radius 1 is 1.39 bits per heavy atom. The molecular formula is C12H13BrClF3O. The number of aryl methyl sites for hydroxylation is 1. The standard InChI is InChI=1S/C12H13BrClF3O/c1-7-5-11(18-2)8(6-9(7)13)10(14)3-4-12(15,16)17/h5-6,10H,3-4H2,1-2H3. The second-order valence-corrected chi connectivity index (χ2v) is 5.35. The monoisotopic (exact) mass is 344 g/mol. The van der Waals surface area contributed by atoms with Crippen molar-refractivity contribution in [1.82, 2.24) is 0 Å². The van der Waals surface area contributed by atoms with Gasteiger partial charge in [0.25, 0.3) is 0 Å². The highest BCUT2D eigenvalue weighted by Gasteiger charge is 2.29. The summed E-state index contributed by atoms with van der Waals surface area (Å²) < 4.78 is 42.4. The Bertz CT molecular complexity index is 421. The van der Waals surface area contributed by atoms with Gasteiger partial charge < -0.3 is 4.74 Å². The topological polar surface area (TPSA) is 9.23 Å². The van der Waals surface area contributed by atoms with Gasteiger partial charge in [-0.1, -0.05) is 15.9 Å². The lowest BCUT2D eigenvalue weighted by atomic mass is 10.0. The Morgan fingerprint density at radius 3 is 2.50 bits per heavy atom. The van der Waals surface area contributed by atoms with E-state index in [1.54, 1.807) is 12.1 Å². The number of benzene rings is 1. The van der Waals surface area contributed by atoms with Crippen molar-refractivity contribution in [3.63, 3.8) is 0 Å². The molecule has 0 N–H and O–H groups in total. The zero-order valence-electron chi connectivity index (χ0n) is 9.94. The third kappa shape index (κ3) is 4.35. The molecule has 18 heavy (non-hydrogen) atoms. The molecule has 0 aliphatic rings. The average molecular weight is 346 g/mol. The highest BCUT2D eigenvalue weighted by molar-refractivity contribution is 9.10. The van der Waals surface area contributed by atoms with Crippen molar-refractivity contribution >= 4 is 27.5 Å². The minimum Gasteiger partial charge on any atom is -0.496 e. The van der Waals surface area contributed by atoms with Crippen LogP contribution in [0.3, 0.4) is 0 Å². The zero-order valence-corrected chi connectivity index (χ0v) is 12.3. The molecule has 0 saturated carbocycles. The maximum Gasteiger partial charge on any atom is 0.389 e. The molecule has 0 bridgehead atoms. The normalized spacial score (nSPS) is 13.5. The first-order valence-corrected chi connectivity index (χ1v) is 6.52. The number of methoxy groups -OCH3 is 1. The summed E-state index contributed by atoms with van der Waals surface area (Å²) >= 11 is 9.35. The predicted molar refractivity (Wildman–Crippen MR) is 69.3 cm³/mol. The first kappa shape index (κ1) is 15.6. The average Bonchev–Trinajstić information content (AvgIpc) is 2.28. The van der Waals surface area contributed by atoms with E-state index in [0.717, 1.165) is 10.0 Å². The van der Waals surface area contributed by atoms with Crippen molar-refractivity contribution < 1.29 is 17.9 Å². The van der Waals surface area contributed by atoms with Crippen LogP contribution < -0.4 is 4.74 Å². The molecule has 0 aliphatic carbocycles. The molecule has 1 rings (SSSR count). The van der Waals surface area contributed by atoms with E-state index in [4.69, 9.17) is 16.3 Å². The Hall–Kier alpha value is -0.420. The maximum atomic E-state index is 12.2. The summed E-state index contributed by atoms with van der Waals surface area (Å²) in [6, 6.07) is 3.46. The lowest BCUT2D eigenvalue weighted by Crippen LogP contribution is -2.08. The van der Waals surface area contributed by atoms with E-state index in [2.05, 4.69) is 15.9 Å². The van der Waals surface area contributed by atoms with Crippen LogP contribution in [0.4, 0.5) is 13.2 Å². The second-order valence-electron chi connectivity index (χ2n) is 3.96. The minimum absolute atomic E-state index is 0.170. The Labute approximate surface area is 117 Å². The van der Waals surface area contributed by atoms with Crippen LogP contribution in [0.25, 0.3) is 0 Å². The Morgan fingerprint density at radius 2 is 2.00 bits per heavy atom. The summed E-state index contributed by atoms with van der Waals surface area (Å²) in [5.74, 6) is 0.512. The highest BCUT2D eigenvalue weighted by atomic mass is 79.9. The van der Waals surface area contributed by atoms with Gasteiger partial charge in [-0.15, -0.1) is 11.6 Å². The van der Waals surface area contributed by atoms with Crippen LogP contribution in [0.1, 0.15) is 29.3 Å². The molecule has 102 valence electrons. The summed E-state index contributed by atoms with van der Waals surface area (Å²) in [5, 5.41) is -0.724. The molecule has 0 aliphatic heterocycles. The van der Waals surface area contributed by atoms with Crippen LogP contribution in [0.15, 0.2) is 16.6 Å². The smallest absolute Gasteiger partial charge is 0.389 e. The summed E-state index contributed by atoms with van der Waals surface area (Å²) in [6.07, 6.45) is -5.27. The van der Waals surface area contributed by atoms with Crippen LogP contribution in [0.5, 0.6) is 5.75 Å². The van der Waals surface area contributed by atoms with Gasteiger partial charge in [-0.3, -0.25) is 0 Å². The van der Waals surface area contributed by atoms with E-state index >= 15 is 0 Å². The van der Waals surface area contributed by atoms with Crippen LogP contribution in [0, 0.1) is 6.92 Å². The molecule has 1 aromatic rings. The molecule has 0 saturated heterocycles. The van der Waals surface area contributed by atoms with E-state index in [1.807, 2.05) is 6.92 Å². The van der Waals surface area contributed by atoms with Gasteiger partial charge in [0.05, 0.1) is 12.5 Å². The fourth-order valence-corrected chi connectivity index (χ4v) is 2.18. The van der Waals surface area contributed by atoms with Gasteiger partial charge in [-0.2, -0.15) is 13.2 Å². The summed E-state index contributed by atoms with van der Waals surface area (Å²) in [4.78, 5) is 0. The number of hydrogen-bond donors (Lipinski definition) is 0. The fourth-order valence-electron chi connectivity index (χ4n) is 1.54. The van der Waals surface area contributed by atoms with Gasteiger partial charge in [-0.25, -0.2) is 0 Å². The molecule has 0 fully saturated rings. The lowest BCUT2D eigenvalue weighted by Gasteiger charge is -2.16. The SMILES string of the molecule is COc1cc(C)c(Br)cc1C(Cl)CCC(F)(F)F. The molecule has 1 unspecified atom stereocenters. The quantitative estimate of drug-likeness (QED) is 0.665. The molecule has 6 heteroatoms. The molecule has 0 aromatic heterocycles. The first-order valence-electron chi connectivity index (χ1n) is 5.29. The van der Waals surface area contributed by atoms with Crippen molar-refractivity contribution in [2.75, 3.05) is 7.11 Å². The number of halogens is 5. The van der Waals surface area contributed by atoms with Crippen molar-refractivity contribution in [3.05, 3.63) is 27.7 Å². The van der Waals surface area contributed by atoms with Gasteiger partial charge >= 0.3 is 6.18 Å². The van der Waals surface area contributed by atoms with Crippen LogP contribution in [-0.4, -0.2) is 13.3 Å². The molecule has 1 nitrogen and oxygen atoms in total. The number of hydrogen-bond acceptors (Lipinski definition) is 1. The molecule has 0 radical (unpaired) electrons. The summed E-state index contributed by atoms with van der Waals surface area (Å²) in [5.41, 5.74) is 1.51. The molecule has 0 heterocycles. The van der Waals surface area contributed by atoms with Crippen LogP contribution in [-0.2, 0) is 0 Å². The van der Waals surface area contributed by atoms with Crippen molar-refractivity contribution in [2.45, 2.75) is 31.3 Å². The highest BCUT2D eigenvalue weighted by Crippen LogP contribution is 2.38. The molecular weight excluding hydrogens is 332 g/mol. The molecule has 0 spiro atoms. The molecule has 1 atom stereocenters. The lowest BCUT2D eigenvalue weighted by molar-refractivity contribution is -0.135. The van der Waals surface area contributed by atoms with E-state index in [9.17, 15) is 13.2 Å². The van der Waals surface area contributed by atoms with E-state index in [-0.39, 0.29) is 6.42 Å². The molecule has 0 amide bonds. The van der Waals surface area contributed by atoms with Crippen LogP contribution >= 0.6 is 27.5 Å². The minimum atomic E-state index is -4.19. The fraction of sp³-hybridized carbons (Fsp3) is 0.500. The van der Waals surface area contributed by atoms with Gasteiger partial charge in [0.1, 0.15) is 5.75 Å². The maximum absolute atomic E-state index is 12.2. The number of rotatable bonds is 4. The second kappa shape index (κ2) is 6.15. The van der Waals surface area contributed by atoms with E-state index < -0.39 is 18.0 Å². The Balaban J connectivity index is 2.91. The van der Waals surface area contributed by atoms with E-state index in [0.29, 0.717) is 11.3 Å². The number of ether oxygens (including phenoxy) is 1. The van der Waals surface area contributed by atoms with Crippen molar-refractivity contribution in [2.24, 2.45) is 0 Å². The Kier molecular flexibility index (Phi) is 5.34. The van der Waals surface area contributed by atoms with Crippen LogP contribution in [0.2, 0.25) is 0 Å². The first-order chi connectivity index (χ1) is 8.24. The number of alkyl halides is 4. The third-order valence-electron chi connectivity index (χ3n) is 2.53. The third-order valence-corrected chi connectivity index (χ3v) is 3.84. The van der Waals surface area contributed by atoms with Crippen molar-refractivity contribution in [1.29, 1.82) is 0 Å². The predicted octanol–water partition coefficient (Wildman–Crippen LogP) is 5.39. The van der Waals surface area contributed by atoms with Gasteiger partial charge in [0.2, 0.25) is 0 Å². The zero-order chi connectivity index (χ0) is 13.9. The van der Waals surface area contributed by atoms with Gasteiger partial charge in [-0.05, 0) is 31.0 Å². The van der Waals surface area contributed by atoms with E-state index in [1.165, 1.54) is 7.11 Å². The van der Waals surface area contributed by atoms with Gasteiger partial charge in [0.15, 0.2) is 0 Å². The molecule has 1 aromatic carbocycles. The summed E-state index contributed by atoms with van der Waals surface area (Å²) in [6.45, 7) is 1.87.